The molecule has 1 N–H and O–H groups in total. The van der Waals surface area contributed by atoms with Crippen LogP contribution in [0.2, 0.25) is 0 Å². The summed E-state index contributed by atoms with van der Waals surface area (Å²) in [7, 11) is 0. The molecule has 2 aromatic rings. The average Bonchev–Trinajstić information content (AvgIpc) is 3.10. The van der Waals surface area contributed by atoms with Crippen molar-refractivity contribution >= 4 is 0 Å². The van der Waals surface area contributed by atoms with Crippen molar-refractivity contribution in [1.82, 2.24) is 30.3 Å². The predicted octanol–water partition coefficient (Wildman–Crippen LogP) is 0.890. The lowest BCUT2D eigenvalue weighted by Crippen LogP contribution is -2.37. The molecule has 1 aliphatic rings. The molecule has 0 amide bonds. The molecule has 0 aliphatic carbocycles. The number of aromatic nitrogens is 5. The molecule has 0 fully saturated rings. The molecule has 7 nitrogen and oxygen atoms in total. The van der Waals surface area contributed by atoms with Gasteiger partial charge in [0.25, 0.3) is 0 Å². The van der Waals surface area contributed by atoms with Crippen LogP contribution in [0.3, 0.4) is 0 Å². The minimum atomic E-state index is 0.380. The van der Waals surface area contributed by atoms with Gasteiger partial charge >= 0.3 is 0 Å². The summed E-state index contributed by atoms with van der Waals surface area (Å²) in [5.41, 5.74) is 0. The first kappa shape index (κ1) is 13.2. The van der Waals surface area contributed by atoms with Gasteiger partial charge in [0.15, 0.2) is 5.82 Å². The molecule has 0 unspecified atom stereocenters. The summed E-state index contributed by atoms with van der Waals surface area (Å²) < 4.78 is 7.51. The van der Waals surface area contributed by atoms with Crippen LogP contribution < -0.4 is 5.32 Å². The highest BCUT2D eigenvalue weighted by molar-refractivity contribution is 4.98. The van der Waals surface area contributed by atoms with E-state index < -0.39 is 0 Å². The fourth-order valence-corrected chi connectivity index (χ4v) is 2.41. The summed E-state index contributed by atoms with van der Waals surface area (Å²) in [6.45, 7) is 5.56. The van der Waals surface area contributed by atoms with Crippen molar-refractivity contribution < 1.29 is 4.42 Å². The summed E-state index contributed by atoms with van der Waals surface area (Å²) in [5, 5.41) is 15.9. The number of hydrogen-bond acceptors (Lipinski definition) is 6. The zero-order valence-electron chi connectivity index (χ0n) is 12.0. The number of fused-ring (bicyclic) bond motifs is 1. The standard InChI is InChI=1S/C13H20N6O/c1-3-10-15-11-6-5-9(8-19(11)18-10)14-7-13-17-16-12(4-2)20-13/h9,14H,3-8H2,1-2H3/t9-/m0/s1. The lowest BCUT2D eigenvalue weighted by atomic mass is 10.1. The van der Waals surface area contributed by atoms with Crippen LogP contribution in [0, 0.1) is 0 Å². The van der Waals surface area contributed by atoms with Gasteiger partial charge in [0.1, 0.15) is 5.82 Å². The normalized spacial score (nSPS) is 18.2. The van der Waals surface area contributed by atoms with E-state index in [1.165, 1.54) is 0 Å². The molecule has 1 aliphatic heterocycles. The monoisotopic (exact) mass is 276 g/mol. The van der Waals surface area contributed by atoms with Crippen molar-refractivity contribution in [1.29, 1.82) is 0 Å². The Morgan fingerprint density at radius 2 is 2.10 bits per heavy atom. The van der Waals surface area contributed by atoms with E-state index in [0.29, 0.717) is 24.4 Å². The molecule has 20 heavy (non-hydrogen) atoms. The topological polar surface area (TPSA) is 81.7 Å². The van der Waals surface area contributed by atoms with Crippen molar-refractivity contribution in [3.8, 4) is 0 Å². The van der Waals surface area contributed by atoms with Crippen LogP contribution in [0.5, 0.6) is 0 Å². The lowest BCUT2D eigenvalue weighted by molar-refractivity contribution is 0.338. The molecule has 108 valence electrons. The molecule has 0 bridgehead atoms. The first-order valence-corrected chi connectivity index (χ1v) is 7.25. The Morgan fingerprint density at radius 1 is 1.25 bits per heavy atom. The zero-order chi connectivity index (χ0) is 13.9. The van der Waals surface area contributed by atoms with Gasteiger partial charge in [-0.1, -0.05) is 13.8 Å². The second-order valence-electron chi connectivity index (χ2n) is 5.04. The molecule has 3 rings (SSSR count). The molecular formula is C13H20N6O. The van der Waals surface area contributed by atoms with E-state index in [9.17, 15) is 0 Å². The van der Waals surface area contributed by atoms with Crippen molar-refractivity contribution in [2.75, 3.05) is 0 Å². The van der Waals surface area contributed by atoms with E-state index in [2.05, 4.69) is 32.5 Å². The van der Waals surface area contributed by atoms with E-state index >= 15 is 0 Å². The maximum atomic E-state index is 5.50. The third-order valence-electron chi connectivity index (χ3n) is 3.57. The van der Waals surface area contributed by atoms with Crippen LogP contribution in [0.4, 0.5) is 0 Å². The van der Waals surface area contributed by atoms with Gasteiger partial charge in [0, 0.05) is 25.3 Å². The van der Waals surface area contributed by atoms with E-state index in [1.807, 2.05) is 11.6 Å². The molecule has 0 radical (unpaired) electrons. The molecule has 0 aromatic carbocycles. The number of nitrogens with one attached hydrogen (secondary N) is 1. The molecule has 0 saturated heterocycles. The minimum Gasteiger partial charge on any atom is -0.424 e. The van der Waals surface area contributed by atoms with Gasteiger partial charge in [-0.3, -0.25) is 0 Å². The fourth-order valence-electron chi connectivity index (χ4n) is 2.41. The maximum absolute atomic E-state index is 5.50. The Bertz CT molecular complexity index is 575. The van der Waals surface area contributed by atoms with E-state index in [0.717, 1.165) is 43.9 Å². The number of rotatable bonds is 5. The molecule has 3 heterocycles. The van der Waals surface area contributed by atoms with Gasteiger partial charge in [-0.05, 0) is 6.42 Å². The SMILES string of the molecule is CCc1nc2n(n1)C[C@@H](NCc1nnc(CC)o1)CC2. The molecule has 0 saturated carbocycles. The molecule has 0 spiro atoms. The molecular weight excluding hydrogens is 256 g/mol. The quantitative estimate of drug-likeness (QED) is 0.873. The van der Waals surface area contributed by atoms with Gasteiger partial charge in [-0.15, -0.1) is 10.2 Å². The largest absolute Gasteiger partial charge is 0.424 e. The Hall–Kier alpha value is -1.76. The van der Waals surface area contributed by atoms with Gasteiger partial charge < -0.3 is 9.73 Å². The molecule has 1 atom stereocenters. The van der Waals surface area contributed by atoms with E-state index in [4.69, 9.17) is 4.42 Å². The van der Waals surface area contributed by atoms with Crippen molar-refractivity contribution in [3.05, 3.63) is 23.4 Å². The Labute approximate surface area is 117 Å². The van der Waals surface area contributed by atoms with Gasteiger partial charge in [0.2, 0.25) is 11.8 Å². The summed E-state index contributed by atoms with van der Waals surface area (Å²) in [6, 6.07) is 0.380. The van der Waals surface area contributed by atoms with Crippen molar-refractivity contribution in [2.24, 2.45) is 0 Å². The Morgan fingerprint density at radius 3 is 2.85 bits per heavy atom. The highest BCUT2D eigenvalue weighted by atomic mass is 16.4. The van der Waals surface area contributed by atoms with Crippen LogP contribution in [0.25, 0.3) is 0 Å². The third kappa shape index (κ3) is 2.72. The second kappa shape index (κ2) is 5.70. The zero-order valence-corrected chi connectivity index (χ0v) is 12.0. The fraction of sp³-hybridized carbons (Fsp3) is 0.692. The van der Waals surface area contributed by atoms with Crippen LogP contribution in [0.15, 0.2) is 4.42 Å². The molecule has 7 heteroatoms. The van der Waals surface area contributed by atoms with E-state index in [-0.39, 0.29) is 0 Å². The van der Waals surface area contributed by atoms with Crippen molar-refractivity contribution in [2.45, 2.75) is 58.7 Å². The van der Waals surface area contributed by atoms with Crippen LogP contribution in [0.1, 0.15) is 43.7 Å². The summed E-state index contributed by atoms with van der Waals surface area (Å²) in [6.07, 6.45) is 3.70. The highest BCUT2D eigenvalue weighted by Gasteiger charge is 2.21. The van der Waals surface area contributed by atoms with Gasteiger partial charge in [-0.2, -0.15) is 5.10 Å². The van der Waals surface area contributed by atoms with E-state index in [1.54, 1.807) is 0 Å². The Kier molecular flexibility index (Phi) is 3.77. The number of aryl methyl sites for hydroxylation is 3. The van der Waals surface area contributed by atoms with Crippen molar-refractivity contribution in [3.63, 3.8) is 0 Å². The highest BCUT2D eigenvalue weighted by Crippen LogP contribution is 2.14. The number of nitrogens with zero attached hydrogens (tertiary/aromatic N) is 5. The first-order chi connectivity index (χ1) is 9.78. The smallest absolute Gasteiger partial charge is 0.230 e. The summed E-state index contributed by atoms with van der Waals surface area (Å²) in [5.74, 6) is 3.38. The van der Waals surface area contributed by atoms with Crippen LogP contribution in [-0.2, 0) is 32.4 Å². The Balaban J connectivity index is 1.57. The predicted molar refractivity (Wildman–Crippen MR) is 72.0 cm³/mol. The van der Waals surface area contributed by atoms with Gasteiger partial charge in [-0.25, -0.2) is 9.67 Å². The lowest BCUT2D eigenvalue weighted by Gasteiger charge is -2.22. The third-order valence-corrected chi connectivity index (χ3v) is 3.57. The summed E-state index contributed by atoms with van der Waals surface area (Å²) in [4.78, 5) is 4.52. The number of hydrogen-bond donors (Lipinski definition) is 1. The van der Waals surface area contributed by atoms with Gasteiger partial charge in [0.05, 0.1) is 13.1 Å². The maximum Gasteiger partial charge on any atom is 0.230 e. The minimum absolute atomic E-state index is 0.380. The first-order valence-electron chi connectivity index (χ1n) is 7.25. The average molecular weight is 276 g/mol. The second-order valence-corrected chi connectivity index (χ2v) is 5.04. The summed E-state index contributed by atoms with van der Waals surface area (Å²) >= 11 is 0. The molecule has 2 aromatic heterocycles. The van der Waals surface area contributed by atoms with Crippen LogP contribution in [-0.4, -0.2) is 31.0 Å². The van der Waals surface area contributed by atoms with Crippen LogP contribution >= 0.6 is 0 Å².